The van der Waals surface area contributed by atoms with Crippen molar-refractivity contribution >= 4 is 51.8 Å². The summed E-state index contributed by atoms with van der Waals surface area (Å²) in [6.45, 7) is 3.22. The predicted molar refractivity (Wildman–Crippen MR) is 125 cm³/mol. The number of nitrogens with two attached hydrogens (primary N) is 1. The molecule has 3 aromatic heterocycles. The first-order chi connectivity index (χ1) is 16.4. The van der Waals surface area contributed by atoms with Gasteiger partial charge in [0.05, 0.1) is 22.4 Å². The van der Waals surface area contributed by atoms with Crippen molar-refractivity contribution in [3.05, 3.63) is 69.4 Å². The molecule has 4 aromatic rings. The van der Waals surface area contributed by atoms with Gasteiger partial charge in [-0.2, -0.15) is 4.98 Å². The number of carbonyl (C=O) groups is 3. The molecule has 0 saturated heterocycles. The molecule has 0 aliphatic carbocycles. The normalized spacial score (nSPS) is 10.8. The molecule has 0 spiro atoms. The Morgan fingerprint density at radius 1 is 1.09 bits per heavy atom. The number of ether oxygens (including phenoxy) is 2. The Hall–Kier alpha value is -4.25. The molecule has 3 N–H and O–H groups in total. The number of amides is 1. The zero-order chi connectivity index (χ0) is 24.2. The van der Waals surface area contributed by atoms with Crippen LogP contribution in [0.3, 0.4) is 0 Å². The van der Waals surface area contributed by atoms with E-state index >= 15 is 0 Å². The molecule has 0 fully saturated rings. The first-order valence-corrected chi connectivity index (χ1v) is 11.1. The van der Waals surface area contributed by atoms with Gasteiger partial charge in [0, 0.05) is 5.69 Å². The Morgan fingerprint density at radius 2 is 1.85 bits per heavy atom. The third-order valence-corrected chi connectivity index (χ3v) is 5.61. The van der Waals surface area contributed by atoms with Gasteiger partial charge in [0.15, 0.2) is 12.4 Å². The lowest BCUT2D eigenvalue weighted by molar-refractivity contribution is 0.0461. The Bertz CT molecular complexity index is 1360. The second-order valence-electron chi connectivity index (χ2n) is 7.04. The standard InChI is InChI=1S/C23H20N4O6S/c1-3-31-23(30)17-12(2)33-21-18(17)19(24)26-16(27-21)11-32-22(29)13-6-8-14(9-7-13)25-20(28)15-5-4-10-34-15/h4-10H,3,11H2,1-2H3,(H,25,28)(H2,24,26,27). The van der Waals surface area contributed by atoms with Crippen molar-refractivity contribution in [1.29, 1.82) is 0 Å². The molecule has 1 aromatic carbocycles. The molecule has 10 nitrogen and oxygen atoms in total. The number of thiophene rings is 1. The molecule has 3 heterocycles. The van der Waals surface area contributed by atoms with Crippen molar-refractivity contribution in [2.24, 2.45) is 0 Å². The highest BCUT2D eigenvalue weighted by Gasteiger charge is 2.24. The van der Waals surface area contributed by atoms with Gasteiger partial charge in [-0.25, -0.2) is 14.6 Å². The van der Waals surface area contributed by atoms with Crippen LogP contribution < -0.4 is 11.1 Å². The first kappa shape index (κ1) is 22.9. The smallest absolute Gasteiger partial charge is 0.342 e. The van der Waals surface area contributed by atoms with Crippen LogP contribution in [-0.2, 0) is 16.1 Å². The molecule has 1 amide bonds. The number of carbonyl (C=O) groups excluding carboxylic acids is 3. The molecule has 0 saturated carbocycles. The topological polar surface area (TPSA) is 147 Å². The minimum atomic E-state index is -0.610. The zero-order valence-corrected chi connectivity index (χ0v) is 19.1. The average molecular weight is 481 g/mol. The lowest BCUT2D eigenvalue weighted by atomic mass is 10.2. The summed E-state index contributed by atoms with van der Waals surface area (Å²) in [6, 6.07) is 9.79. The van der Waals surface area contributed by atoms with Crippen LogP contribution in [-0.4, -0.2) is 34.4 Å². The number of benzene rings is 1. The van der Waals surface area contributed by atoms with Crippen LogP contribution in [0, 0.1) is 6.92 Å². The number of nitrogens with one attached hydrogen (secondary N) is 1. The molecule has 34 heavy (non-hydrogen) atoms. The second-order valence-corrected chi connectivity index (χ2v) is 7.99. The van der Waals surface area contributed by atoms with E-state index in [0.717, 1.165) is 0 Å². The molecular formula is C23H20N4O6S. The highest BCUT2D eigenvalue weighted by molar-refractivity contribution is 7.12. The third kappa shape index (κ3) is 4.74. The Morgan fingerprint density at radius 3 is 2.53 bits per heavy atom. The van der Waals surface area contributed by atoms with E-state index < -0.39 is 11.9 Å². The molecule has 4 rings (SSSR count). The van der Waals surface area contributed by atoms with E-state index in [1.165, 1.54) is 23.5 Å². The summed E-state index contributed by atoms with van der Waals surface area (Å²) < 4.78 is 15.9. The lowest BCUT2D eigenvalue weighted by Crippen LogP contribution is -2.11. The Balaban J connectivity index is 1.43. The summed E-state index contributed by atoms with van der Waals surface area (Å²) in [5, 5.41) is 4.83. The fraction of sp³-hybridized carbons (Fsp3) is 0.174. The zero-order valence-electron chi connectivity index (χ0n) is 18.3. The lowest BCUT2D eigenvalue weighted by Gasteiger charge is -2.07. The predicted octanol–water partition coefficient (Wildman–Crippen LogP) is 3.96. The molecule has 0 aliphatic heterocycles. The summed E-state index contributed by atoms with van der Waals surface area (Å²) in [4.78, 5) is 45.7. The highest BCUT2D eigenvalue weighted by Crippen LogP contribution is 2.29. The van der Waals surface area contributed by atoms with Gasteiger partial charge in [-0.3, -0.25) is 4.79 Å². The van der Waals surface area contributed by atoms with Crippen LogP contribution in [0.1, 0.15) is 48.9 Å². The van der Waals surface area contributed by atoms with Gasteiger partial charge in [-0.15, -0.1) is 11.3 Å². The number of hydrogen-bond donors (Lipinski definition) is 2. The Labute approximate surface area is 197 Å². The largest absolute Gasteiger partial charge is 0.462 e. The Kier molecular flexibility index (Phi) is 6.55. The van der Waals surface area contributed by atoms with E-state index in [-0.39, 0.29) is 53.0 Å². The van der Waals surface area contributed by atoms with Crippen molar-refractivity contribution < 1.29 is 28.3 Å². The van der Waals surface area contributed by atoms with Gasteiger partial charge in [-0.05, 0) is 49.6 Å². The van der Waals surface area contributed by atoms with E-state index in [1.807, 2.05) is 5.38 Å². The van der Waals surface area contributed by atoms with Crippen LogP contribution >= 0.6 is 11.3 Å². The van der Waals surface area contributed by atoms with Crippen molar-refractivity contribution in [2.45, 2.75) is 20.5 Å². The molecule has 0 unspecified atom stereocenters. The summed E-state index contributed by atoms with van der Waals surface area (Å²) in [7, 11) is 0. The molecule has 0 radical (unpaired) electrons. The van der Waals surface area contributed by atoms with Crippen LogP contribution in [0.4, 0.5) is 11.5 Å². The summed E-state index contributed by atoms with van der Waals surface area (Å²) >= 11 is 1.33. The number of furan rings is 1. The van der Waals surface area contributed by atoms with Crippen LogP contribution in [0.25, 0.3) is 11.1 Å². The van der Waals surface area contributed by atoms with E-state index in [1.54, 1.807) is 38.1 Å². The molecule has 174 valence electrons. The first-order valence-electron chi connectivity index (χ1n) is 10.2. The molecule has 0 atom stereocenters. The fourth-order valence-electron chi connectivity index (χ4n) is 3.20. The van der Waals surface area contributed by atoms with E-state index in [2.05, 4.69) is 15.3 Å². The minimum Gasteiger partial charge on any atom is -0.462 e. The average Bonchev–Trinajstić information content (AvgIpc) is 3.46. The van der Waals surface area contributed by atoms with Gasteiger partial charge in [0.25, 0.3) is 5.91 Å². The van der Waals surface area contributed by atoms with Gasteiger partial charge in [0.1, 0.15) is 17.1 Å². The maximum absolute atomic E-state index is 12.4. The van der Waals surface area contributed by atoms with Crippen molar-refractivity contribution in [3.8, 4) is 0 Å². The van der Waals surface area contributed by atoms with E-state index in [4.69, 9.17) is 19.6 Å². The molecule has 0 aliphatic rings. The van der Waals surface area contributed by atoms with Crippen molar-refractivity contribution in [3.63, 3.8) is 0 Å². The fourth-order valence-corrected chi connectivity index (χ4v) is 3.82. The van der Waals surface area contributed by atoms with E-state index in [9.17, 15) is 14.4 Å². The number of rotatable bonds is 7. The van der Waals surface area contributed by atoms with E-state index in [0.29, 0.717) is 16.3 Å². The van der Waals surface area contributed by atoms with Gasteiger partial charge in [0.2, 0.25) is 5.71 Å². The van der Waals surface area contributed by atoms with Gasteiger partial charge in [-0.1, -0.05) is 6.07 Å². The van der Waals surface area contributed by atoms with Gasteiger partial charge < -0.3 is 24.9 Å². The number of hydrogen-bond acceptors (Lipinski definition) is 10. The third-order valence-electron chi connectivity index (χ3n) is 4.74. The number of aryl methyl sites for hydroxylation is 1. The van der Waals surface area contributed by atoms with Crippen molar-refractivity contribution in [2.75, 3.05) is 17.7 Å². The van der Waals surface area contributed by atoms with Crippen LogP contribution in [0.2, 0.25) is 0 Å². The number of fused-ring (bicyclic) bond motifs is 1. The van der Waals surface area contributed by atoms with Crippen LogP contribution in [0.5, 0.6) is 0 Å². The second kappa shape index (κ2) is 9.71. The molecular weight excluding hydrogens is 460 g/mol. The van der Waals surface area contributed by atoms with Crippen molar-refractivity contribution in [1.82, 2.24) is 9.97 Å². The quantitative estimate of drug-likeness (QED) is 0.375. The summed E-state index contributed by atoms with van der Waals surface area (Å²) in [5.41, 5.74) is 7.12. The highest BCUT2D eigenvalue weighted by atomic mass is 32.1. The van der Waals surface area contributed by atoms with Gasteiger partial charge >= 0.3 is 11.9 Å². The number of esters is 2. The minimum absolute atomic E-state index is 0.0155. The number of aromatic nitrogens is 2. The molecule has 11 heteroatoms. The number of nitrogen functional groups attached to an aromatic ring is 1. The number of anilines is 2. The maximum atomic E-state index is 12.4. The maximum Gasteiger partial charge on any atom is 0.342 e. The summed E-state index contributed by atoms with van der Waals surface area (Å²) in [5.74, 6) is -0.988. The van der Waals surface area contributed by atoms with Crippen LogP contribution in [0.15, 0.2) is 46.2 Å². The SMILES string of the molecule is CCOC(=O)c1c(C)oc2nc(COC(=O)c3ccc(NC(=O)c4cccs4)cc3)nc(N)c12. The summed E-state index contributed by atoms with van der Waals surface area (Å²) in [6.07, 6.45) is 0. The molecule has 0 bridgehead atoms. The number of nitrogens with zero attached hydrogens (tertiary/aromatic N) is 2. The monoisotopic (exact) mass is 480 g/mol.